The van der Waals surface area contributed by atoms with Gasteiger partial charge in [0, 0.05) is 11.2 Å². The number of furan rings is 1. The number of carbonyl (C=O) groups excluding carboxylic acids is 2. The second-order valence-corrected chi connectivity index (χ2v) is 5.78. The molecule has 1 fully saturated rings. The Morgan fingerprint density at radius 1 is 1.30 bits per heavy atom. The summed E-state index contributed by atoms with van der Waals surface area (Å²) in [6.07, 6.45) is 4.80. The van der Waals surface area contributed by atoms with Gasteiger partial charge in [0.05, 0.1) is 30.1 Å². The highest BCUT2D eigenvalue weighted by Gasteiger charge is 2.55. The second-order valence-electron chi connectivity index (χ2n) is 5.44. The van der Waals surface area contributed by atoms with Crippen LogP contribution in [0.15, 0.2) is 34.1 Å². The number of Topliss-reactive ketones (excluding diaryl/α,β-unsaturated/α-hetero) is 1. The number of carbonyl (C=O) groups is 2. The van der Waals surface area contributed by atoms with Crippen LogP contribution in [-0.2, 0) is 9.59 Å². The third-order valence-electron chi connectivity index (χ3n) is 4.30. The number of allylic oxidation sites excluding steroid dienone is 1. The summed E-state index contributed by atoms with van der Waals surface area (Å²) in [6, 6.07) is 0.997. The highest BCUT2D eigenvalue weighted by atomic mass is 35.5. The minimum Gasteiger partial charge on any atom is -0.459 e. The molecule has 23 heavy (non-hydrogen) atoms. The Morgan fingerprint density at radius 3 is 2.87 bits per heavy atom. The molecule has 1 amide bonds. The number of nitrogens with one attached hydrogen (secondary N) is 1. The summed E-state index contributed by atoms with van der Waals surface area (Å²) in [4.78, 5) is 42.8. The van der Waals surface area contributed by atoms with Gasteiger partial charge in [0.1, 0.15) is 11.3 Å². The first-order valence-corrected chi connectivity index (χ1v) is 7.24. The Morgan fingerprint density at radius 2 is 2.09 bits per heavy atom. The topological polar surface area (TPSA) is 115 Å². The van der Waals surface area contributed by atoms with Crippen molar-refractivity contribution in [2.24, 2.45) is 22.9 Å². The van der Waals surface area contributed by atoms with Crippen LogP contribution in [0, 0.1) is 22.7 Å². The Kier molecular flexibility index (Phi) is 3.02. The lowest BCUT2D eigenvalue weighted by Gasteiger charge is -2.24. The molecule has 0 aromatic carbocycles. The minimum absolute atomic E-state index is 0.00261. The predicted octanol–water partition coefficient (Wildman–Crippen LogP) is 1.95. The normalized spacial score (nSPS) is 28.5. The highest BCUT2D eigenvalue weighted by molar-refractivity contribution is 6.28. The molecule has 0 saturated heterocycles. The van der Waals surface area contributed by atoms with Gasteiger partial charge in [-0.2, -0.15) is 4.98 Å². The van der Waals surface area contributed by atoms with Crippen molar-refractivity contribution in [2.45, 2.75) is 6.04 Å². The van der Waals surface area contributed by atoms with Gasteiger partial charge in [0.2, 0.25) is 5.28 Å². The molecule has 4 rings (SSSR count). The van der Waals surface area contributed by atoms with E-state index in [2.05, 4.69) is 20.5 Å². The molecule has 2 heterocycles. The van der Waals surface area contributed by atoms with Gasteiger partial charge in [0.25, 0.3) is 5.91 Å². The number of anilines is 1. The number of fused-ring (bicyclic) bond motifs is 3. The van der Waals surface area contributed by atoms with Crippen molar-refractivity contribution in [3.8, 4) is 0 Å². The standard InChI is InChI=1S/C14H9ClN4O4/c15-14-16-7-3-4-23-11(7)12(18-14)17-9-6-2-1-5(10(6)20)8(9)13(21)19-22/h1-6,8-9H,(H,16,17,18). The molecule has 0 spiro atoms. The predicted molar refractivity (Wildman–Crippen MR) is 79.6 cm³/mol. The Balaban J connectivity index is 1.76. The van der Waals surface area contributed by atoms with Gasteiger partial charge in [0.15, 0.2) is 11.4 Å². The Bertz CT molecular complexity index is 877. The van der Waals surface area contributed by atoms with Crippen molar-refractivity contribution in [3.05, 3.63) is 34.7 Å². The third-order valence-corrected chi connectivity index (χ3v) is 4.47. The number of hydrogen-bond acceptors (Lipinski definition) is 7. The maximum atomic E-state index is 12.2. The molecule has 4 atom stereocenters. The number of ketones is 1. The van der Waals surface area contributed by atoms with Crippen molar-refractivity contribution in [2.75, 3.05) is 5.32 Å². The van der Waals surface area contributed by atoms with Crippen LogP contribution in [0.5, 0.6) is 0 Å². The Hall–Kier alpha value is -2.61. The number of nitroso groups, excluding NO2 is 1. The first-order chi connectivity index (χ1) is 11.1. The van der Waals surface area contributed by atoms with Crippen molar-refractivity contribution in [1.29, 1.82) is 0 Å². The van der Waals surface area contributed by atoms with Gasteiger partial charge in [-0.05, 0) is 11.6 Å². The van der Waals surface area contributed by atoms with Crippen LogP contribution in [0.4, 0.5) is 5.82 Å². The van der Waals surface area contributed by atoms with E-state index in [1.807, 2.05) is 0 Å². The van der Waals surface area contributed by atoms with Gasteiger partial charge < -0.3 is 9.73 Å². The Labute approximate surface area is 133 Å². The van der Waals surface area contributed by atoms with Crippen LogP contribution in [0.2, 0.25) is 5.28 Å². The first-order valence-electron chi connectivity index (χ1n) is 6.86. The lowest BCUT2D eigenvalue weighted by Crippen LogP contribution is -2.37. The fourth-order valence-electron chi connectivity index (χ4n) is 3.33. The van der Waals surface area contributed by atoms with E-state index in [1.165, 1.54) is 6.26 Å². The maximum absolute atomic E-state index is 12.2. The van der Waals surface area contributed by atoms with E-state index >= 15 is 0 Å². The van der Waals surface area contributed by atoms with Crippen LogP contribution in [-0.4, -0.2) is 27.7 Å². The van der Waals surface area contributed by atoms with E-state index in [4.69, 9.17) is 16.0 Å². The molecule has 8 nitrogen and oxygen atoms in total. The van der Waals surface area contributed by atoms with E-state index in [9.17, 15) is 14.5 Å². The van der Waals surface area contributed by atoms with Crippen LogP contribution < -0.4 is 5.32 Å². The highest BCUT2D eigenvalue weighted by Crippen LogP contribution is 2.43. The van der Waals surface area contributed by atoms with E-state index in [-0.39, 0.29) is 16.9 Å². The molecule has 2 aliphatic carbocycles. The summed E-state index contributed by atoms with van der Waals surface area (Å²) < 4.78 is 5.32. The number of nitrogens with zero attached hydrogens (tertiary/aromatic N) is 3. The van der Waals surface area contributed by atoms with E-state index in [1.54, 1.807) is 18.2 Å². The van der Waals surface area contributed by atoms with Gasteiger partial charge in [-0.15, -0.1) is 4.91 Å². The summed E-state index contributed by atoms with van der Waals surface area (Å²) in [5, 5.41) is 5.51. The van der Waals surface area contributed by atoms with E-state index in [0.717, 1.165) is 0 Å². The van der Waals surface area contributed by atoms with Gasteiger partial charge in [-0.3, -0.25) is 9.59 Å². The molecular formula is C14H9ClN4O4. The van der Waals surface area contributed by atoms with Gasteiger partial charge in [-0.25, -0.2) is 4.98 Å². The molecule has 0 radical (unpaired) electrons. The number of amides is 1. The summed E-state index contributed by atoms with van der Waals surface area (Å²) in [7, 11) is 0. The van der Waals surface area contributed by atoms with Crippen molar-refractivity contribution >= 4 is 40.2 Å². The molecule has 1 N–H and O–H groups in total. The van der Waals surface area contributed by atoms with Crippen molar-refractivity contribution in [1.82, 2.24) is 9.97 Å². The van der Waals surface area contributed by atoms with Crippen LogP contribution in [0.1, 0.15) is 0 Å². The molecular weight excluding hydrogens is 324 g/mol. The smallest absolute Gasteiger partial charge is 0.292 e. The van der Waals surface area contributed by atoms with Crippen molar-refractivity contribution in [3.63, 3.8) is 0 Å². The molecule has 0 aliphatic heterocycles. The monoisotopic (exact) mass is 332 g/mol. The van der Waals surface area contributed by atoms with E-state index in [0.29, 0.717) is 11.1 Å². The molecule has 4 unspecified atom stereocenters. The number of hydrogen-bond donors (Lipinski definition) is 1. The summed E-state index contributed by atoms with van der Waals surface area (Å²) in [5.74, 6) is -2.70. The molecule has 2 aliphatic rings. The van der Waals surface area contributed by atoms with Crippen LogP contribution in [0.25, 0.3) is 11.1 Å². The molecule has 1 saturated carbocycles. The van der Waals surface area contributed by atoms with Crippen molar-refractivity contribution < 1.29 is 14.0 Å². The molecule has 9 heteroatoms. The van der Waals surface area contributed by atoms with E-state index < -0.39 is 29.7 Å². The maximum Gasteiger partial charge on any atom is 0.292 e. The number of aromatic nitrogens is 2. The SMILES string of the molecule is O=NC(=O)C1C2C=CC(C2=O)C1Nc1nc(Cl)nc2ccoc12. The fraction of sp³-hybridized carbons (Fsp3) is 0.286. The molecule has 2 aromatic heterocycles. The van der Waals surface area contributed by atoms with Gasteiger partial charge in [-0.1, -0.05) is 12.2 Å². The minimum atomic E-state index is -0.858. The average molecular weight is 333 g/mol. The molecule has 2 aromatic rings. The fourth-order valence-corrected chi connectivity index (χ4v) is 3.51. The molecule has 2 bridgehead atoms. The largest absolute Gasteiger partial charge is 0.459 e. The zero-order valence-corrected chi connectivity index (χ0v) is 12.2. The van der Waals surface area contributed by atoms with Gasteiger partial charge >= 0.3 is 0 Å². The summed E-state index contributed by atoms with van der Waals surface area (Å²) in [6.45, 7) is 0. The first kappa shape index (κ1) is 14.0. The average Bonchev–Trinajstić information content (AvgIpc) is 3.20. The zero-order valence-electron chi connectivity index (χ0n) is 11.5. The number of rotatable bonds is 3. The summed E-state index contributed by atoms with van der Waals surface area (Å²) >= 11 is 5.88. The number of halogens is 1. The third kappa shape index (κ3) is 1.98. The zero-order chi connectivity index (χ0) is 16.1. The summed E-state index contributed by atoms with van der Waals surface area (Å²) in [5.41, 5.74) is 0.854. The lowest BCUT2D eigenvalue weighted by atomic mass is 9.88. The quantitative estimate of drug-likeness (QED) is 0.519. The molecule has 116 valence electrons. The van der Waals surface area contributed by atoms with Crippen LogP contribution in [0.3, 0.4) is 0 Å². The van der Waals surface area contributed by atoms with Crippen LogP contribution >= 0.6 is 11.6 Å². The lowest BCUT2D eigenvalue weighted by molar-refractivity contribution is -0.126. The second kappa shape index (κ2) is 4.95.